The topological polar surface area (TPSA) is 76.4 Å². The number of nitrogens with zero attached hydrogens (tertiary/aromatic N) is 6. The molecule has 45 heavy (non-hydrogen) atoms. The van der Waals surface area contributed by atoms with Gasteiger partial charge < -0.3 is 14.5 Å². The molecular formula is C31H38F6N6O2. The van der Waals surface area contributed by atoms with E-state index in [0.717, 1.165) is 17.7 Å². The predicted octanol–water partition coefficient (Wildman–Crippen LogP) is 7.88. The first kappa shape index (κ1) is 34.0. The van der Waals surface area contributed by atoms with Crippen molar-refractivity contribution in [3.63, 3.8) is 0 Å². The molecule has 8 nitrogen and oxygen atoms in total. The van der Waals surface area contributed by atoms with Crippen LogP contribution in [0.1, 0.15) is 77.0 Å². The van der Waals surface area contributed by atoms with Crippen molar-refractivity contribution < 1.29 is 35.9 Å². The molecule has 0 aliphatic carbocycles. The normalized spacial score (nSPS) is 19.5. The molecular weight excluding hydrogens is 602 g/mol. The molecule has 1 aromatic carbocycles. The molecule has 3 heterocycles. The van der Waals surface area contributed by atoms with Gasteiger partial charge in [0.25, 0.3) is 0 Å². The molecule has 2 aromatic heterocycles. The van der Waals surface area contributed by atoms with Crippen molar-refractivity contribution >= 4 is 12.0 Å². The number of rotatable bonds is 7. The van der Waals surface area contributed by atoms with Gasteiger partial charge in [-0.2, -0.15) is 31.4 Å². The Morgan fingerprint density at radius 3 is 1.84 bits per heavy atom. The van der Waals surface area contributed by atoms with E-state index in [9.17, 15) is 31.1 Å². The van der Waals surface area contributed by atoms with E-state index in [2.05, 4.69) is 15.1 Å². The predicted molar refractivity (Wildman–Crippen MR) is 156 cm³/mol. The first-order valence-corrected chi connectivity index (χ1v) is 14.8. The molecule has 4 rings (SSSR count). The zero-order valence-electron chi connectivity index (χ0n) is 26.1. The second-order valence-corrected chi connectivity index (χ2v) is 12.4. The average Bonchev–Trinajstić information content (AvgIpc) is 3.39. The minimum absolute atomic E-state index is 0.118. The van der Waals surface area contributed by atoms with Gasteiger partial charge >= 0.3 is 18.4 Å². The highest BCUT2D eigenvalue weighted by Crippen LogP contribution is 2.38. The van der Waals surface area contributed by atoms with E-state index >= 15 is 0 Å². The number of aromatic nitrogens is 4. The lowest BCUT2D eigenvalue weighted by atomic mass is 9.87. The van der Waals surface area contributed by atoms with Gasteiger partial charge in [-0.1, -0.05) is 13.8 Å². The maximum Gasteiger partial charge on any atom is 0.416 e. The van der Waals surface area contributed by atoms with Gasteiger partial charge in [0.15, 0.2) is 0 Å². The second-order valence-electron chi connectivity index (χ2n) is 12.4. The Labute approximate surface area is 258 Å². The molecule has 3 aromatic rings. The second kappa shape index (κ2) is 12.9. The molecule has 246 valence electrons. The van der Waals surface area contributed by atoms with Gasteiger partial charge in [-0.3, -0.25) is 4.68 Å². The zero-order valence-corrected chi connectivity index (χ0v) is 26.1. The first-order chi connectivity index (χ1) is 20.9. The number of piperidine rings is 1. The Kier molecular flexibility index (Phi) is 9.74. The molecule has 0 radical (unpaired) electrons. The van der Waals surface area contributed by atoms with Crippen molar-refractivity contribution in [3.8, 4) is 11.1 Å². The molecule has 14 heteroatoms. The van der Waals surface area contributed by atoms with Crippen LogP contribution in [0.5, 0.6) is 0 Å². The van der Waals surface area contributed by atoms with E-state index in [4.69, 9.17) is 4.74 Å². The number of halogens is 6. The van der Waals surface area contributed by atoms with Crippen LogP contribution in [0.15, 0.2) is 43.0 Å². The Bertz CT molecular complexity index is 1420. The van der Waals surface area contributed by atoms with Gasteiger partial charge in [0.1, 0.15) is 5.60 Å². The summed E-state index contributed by atoms with van der Waals surface area (Å²) in [6.07, 6.45) is -2.07. The Morgan fingerprint density at radius 2 is 1.42 bits per heavy atom. The van der Waals surface area contributed by atoms with Crippen molar-refractivity contribution in [3.05, 3.63) is 59.7 Å². The van der Waals surface area contributed by atoms with Crippen molar-refractivity contribution in [2.24, 2.45) is 7.05 Å². The van der Waals surface area contributed by atoms with Gasteiger partial charge in [0.05, 0.1) is 17.3 Å². The van der Waals surface area contributed by atoms with E-state index in [0.29, 0.717) is 31.2 Å². The first-order valence-electron chi connectivity index (χ1n) is 14.8. The summed E-state index contributed by atoms with van der Waals surface area (Å²) in [5.41, 5.74) is -2.31. The minimum atomic E-state index is -4.98. The van der Waals surface area contributed by atoms with Crippen molar-refractivity contribution in [2.75, 3.05) is 4.90 Å². The molecule has 1 amide bonds. The highest BCUT2D eigenvalue weighted by atomic mass is 19.4. The van der Waals surface area contributed by atoms with Crippen LogP contribution < -0.4 is 4.90 Å². The number of anilines is 1. The molecule has 0 bridgehead atoms. The van der Waals surface area contributed by atoms with Crippen molar-refractivity contribution in [2.45, 2.75) is 103 Å². The molecule has 0 spiro atoms. The van der Waals surface area contributed by atoms with Crippen LogP contribution in [0.3, 0.4) is 0 Å². The van der Waals surface area contributed by atoms with Crippen molar-refractivity contribution in [1.29, 1.82) is 0 Å². The van der Waals surface area contributed by atoms with E-state index in [1.807, 2.05) is 13.8 Å². The number of benzene rings is 1. The van der Waals surface area contributed by atoms with Gasteiger partial charge in [0, 0.05) is 61.4 Å². The smallest absolute Gasteiger partial charge is 0.416 e. The Morgan fingerprint density at radius 1 is 0.889 bits per heavy atom. The summed E-state index contributed by atoms with van der Waals surface area (Å²) < 4.78 is 89.7. The lowest BCUT2D eigenvalue weighted by Gasteiger charge is -2.48. The third-order valence-corrected chi connectivity index (χ3v) is 7.80. The number of alkyl halides is 6. The Balaban J connectivity index is 1.76. The summed E-state index contributed by atoms with van der Waals surface area (Å²) in [5, 5.41) is 4.14. The van der Waals surface area contributed by atoms with E-state index in [-0.39, 0.29) is 36.2 Å². The number of likely N-dealkylation sites (tertiary alicyclic amines) is 1. The third-order valence-electron chi connectivity index (χ3n) is 7.80. The summed E-state index contributed by atoms with van der Waals surface area (Å²) in [6, 6.07) is 0.576. The quantitative estimate of drug-likeness (QED) is 0.245. The molecule has 0 saturated carbocycles. The van der Waals surface area contributed by atoms with Gasteiger partial charge in [0.2, 0.25) is 5.95 Å². The largest absolute Gasteiger partial charge is 0.444 e. The van der Waals surface area contributed by atoms with Crippen LogP contribution in [-0.2, 0) is 30.7 Å². The molecule has 3 atom stereocenters. The SMILES string of the molecule is CC[C@@H]1CC(N(Cc2cc(C(F)(F)F)cc(C(F)(F)F)c2)c2ncc(-c3cnn(C)c3)cn2)C[C@H](CC)N1C(=O)OC(C)(C)C. The fourth-order valence-electron chi connectivity index (χ4n) is 5.70. The van der Waals surface area contributed by atoms with Crippen LogP contribution in [0.4, 0.5) is 37.1 Å². The van der Waals surface area contributed by atoms with E-state index in [1.165, 1.54) is 0 Å². The van der Waals surface area contributed by atoms with Crippen LogP contribution in [0.2, 0.25) is 0 Å². The highest BCUT2D eigenvalue weighted by molar-refractivity contribution is 5.69. The summed E-state index contributed by atoms with van der Waals surface area (Å²) in [5.74, 6) is 0.147. The fourth-order valence-corrected chi connectivity index (χ4v) is 5.70. The van der Waals surface area contributed by atoms with Gasteiger partial charge in [-0.05, 0) is 70.2 Å². The van der Waals surface area contributed by atoms with Crippen LogP contribution in [-0.4, -0.2) is 54.5 Å². The molecule has 1 aliphatic rings. The maximum absolute atomic E-state index is 13.7. The number of ether oxygens (including phenoxy) is 1. The number of hydrogen-bond acceptors (Lipinski definition) is 6. The van der Waals surface area contributed by atoms with Crippen LogP contribution >= 0.6 is 0 Å². The number of carbonyl (C=O) groups excluding carboxylic acids is 1. The standard InChI is InChI=1S/C31H38F6N6O2/c1-7-24-12-26(13-25(8-2)43(24)28(44)45-29(3,4)5)42(27-38-14-20(15-39-27)21-16-40-41(6)18-21)17-19-9-22(30(32,33)34)11-23(10-19)31(35,36)37/h9-11,14-16,18,24-26H,7-8,12-13,17H2,1-6H3/t24-,25+,26?. The summed E-state index contributed by atoms with van der Waals surface area (Å²) in [4.78, 5) is 25.7. The number of amides is 1. The fraction of sp³-hybridized carbons (Fsp3) is 0.548. The van der Waals surface area contributed by atoms with Crippen LogP contribution in [0.25, 0.3) is 11.1 Å². The molecule has 1 aliphatic heterocycles. The molecule has 1 unspecified atom stereocenters. The van der Waals surface area contributed by atoms with E-state index in [1.54, 1.807) is 67.1 Å². The molecule has 1 fully saturated rings. The van der Waals surface area contributed by atoms with Gasteiger partial charge in [-0.15, -0.1) is 0 Å². The van der Waals surface area contributed by atoms with Crippen LogP contribution in [0, 0.1) is 0 Å². The maximum atomic E-state index is 13.7. The lowest BCUT2D eigenvalue weighted by Crippen LogP contribution is -2.57. The van der Waals surface area contributed by atoms with E-state index < -0.39 is 41.2 Å². The average molecular weight is 641 g/mol. The monoisotopic (exact) mass is 640 g/mol. The zero-order chi connectivity index (χ0) is 33.3. The Hall–Kier alpha value is -3.84. The highest BCUT2D eigenvalue weighted by Gasteiger charge is 2.42. The summed E-state index contributed by atoms with van der Waals surface area (Å²) in [7, 11) is 1.75. The molecule has 0 N–H and O–H groups in total. The number of hydrogen-bond donors (Lipinski definition) is 0. The van der Waals surface area contributed by atoms with Crippen molar-refractivity contribution in [1.82, 2.24) is 24.6 Å². The van der Waals surface area contributed by atoms with Gasteiger partial charge in [-0.25, -0.2) is 14.8 Å². The number of carbonyl (C=O) groups is 1. The summed E-state index contributed by atoms with van der Waals surface area (Å²) >= 11 is 0. The summed E-state index contributed by atoms with van der Waals surface area (Å²) in [6.45, 7) is 8.85. The third kappa shape index (κ3) is 8.26. The lowest BCUT2D eigenvalue weighted by molar-refractivity contribution is -0.143. The minimum Gasteiger partial charge on any atom is -0.444 e. The molecule has 1 saturated heterocycles. The number of aryl methyl sites for hydroxylation is 1.